The Morgan fingerprint density at radius 2 is 2.10 bits per heavy atom. The number of nitrogens with one attached hydrogen (secondary N) is 2. The third-order valence-electron chi connectivity index (χ3n) is 2.78. The summed E-state index contributed by atoms with van der Waals surface area (Å²) in [6.45, 7) is 6.66. The van der Waals surface area contributed by atoms with Crippen molar-refractivity contribution in [2.75, 3.05) is 26.7 Å². The second kappa shape index (κ2) is 9.48. The van der Waals surface area contributed by atoms with Crippen LogP contribution >= 0.6 is 11.6 Å². The normalized spacial score (nSPS) is 11.3. The highest BCUT2D eigenvalue weighted by Gasteiger charge is 2.03. The number of hydrogen-bond donors (Lipinski definition) is 2. The number of ether oxygens (including phenoxy) is 1. The van der Waals surface area contributed by atoms with E-state index in [1.165, 1.54) is 0 Å². The number of guanidine groups is 1. The topological polar surface area (TPSA) is 45.7 Å². The van der Waals surface area contributed by atoms with E-state index < -0.39 is 0 Å². The van der Waals surface area contributed by atoms with Crippen molar-refractivity contribution in [3.05, 3.63) is 28.8 Å². The predicted molar refractivity (Wildman–Crippen MR) is 86.0 cm³/mol. The Morgan fingerprint density at radius 1 is 1.30 bits per heavy atom. The number of aliphatic imine (C=N–C) groups is 1. The van der Waals surface area contributed by atoms with Crippen LogP contribution in [0.2, 0.25) is 5.02 Å². The van der Waals surface area contributed by atoms with Crippen molar-refractivity contribution in [2.24, 2.45) is 4.99 Å². The van der Waals surface area contributed by atoms with Crippen molar-refractivity contribution in [1.82, 2.24) is 10.6 Å². The van der Waals surface area contributed by atoms with Crippen molar-refractivity contribution < 1.29 is 4.74 Å². The first-order valence-electron chi connectivity index (χ1n) is 7.05. The highest BCUT2D eigenvalue weighted by Crippen LogP contribution is 2.22. The summed E-state index contributed by atoms with van der Waals surface area (Å²) < 4.78 is 5.14. The van der Waals surface area contributed by atoms with E-state index in [0.717, 1.165) is 54.8 Å². The molecule has 0 aliphatic heterocycles. The Labute approximate surface area is 126 Å². The van der Waals surface area contributed by atoms with Gasteiger partial charge in [0.2, 0.25) is 0 Å². The van der Waals surface area contributed by atoms with E-state index >= 15 is 0 Å². The molecule has 112 valence electrons. The summed E-state index contributed by atoms with van der Waals surface area (Å²) in [5, 5.41) is 7.27. The van der Waals surface area contributed by atoms with Crippen LogP contribution in [0.5, 0.6) is 5.75 Å². The van der Waals surface area contributed by atoms with Crippen LogP contribution in [0.25, 0.3) is 0 Å². The Balaban J connectivity index is 2.49. The van der Waals surface area contributed by atoms with Gasteiger partial charge in [-0.1, -0.05) is 24.6 Å². The first-order valence-corrected chi connectivity index (χ1v) is 7.43. The van der Waals surface area contributed by atoms with Crippen molar-refractivity contribution in [3.63, 3.8) is 0 Å². The van der Waals surface area contributed by atoms with Crippen molar-refractivity contribution in [3.8, 4) is 5.75 Å². The van der Waals surface area contributed by atoms with Gasteiger partial charge >= 0.3 is 0 Å². The molecule has 0 heterocycles. The zero-order valence-electron chi connectivity index (χ0n) is 12.5. The van der Waals surface area contributed by atoms with Gasteiger partial charge in [0.05, 0.1) is 7.11 Å². The van der Waals surface area contributed by atoms with Crippen LogP contribution in [0.4, 0.5) is 0 Å². The monoisotopic (exact) mass is 297 g/mol. The maximum atomic E-state index is 6.21. The van der Waals surface area contributed by atoms with Crippen LogP contribution < -0.4 is 15.4 Å². The molecule has 0 saturated carbocycles. The van der Waals surface area contributed by atoms with Gasteiger partial charge in [-0.3, -0.25) is 4.99 Å². The molecule has 2 N–H and O–H groups in total. The summed E-state index contributed by atoms with van der Waals surface area (Å²) in [6.07, 6.45) is 1.89. The fourth-order valence-corrected chi connectivity index (χ4v) is 2.00. The van der Waals surface area contributed by atoms with Gasteiger partial charge in [-0.15, -0.1) is 0 Å². The highest BCUT2D eigenvalue weighted by atomic mass is 35.5. The number of methoxy groups -OCH3 is 1. The van der Waals surface area contributed by atoms with E-state index in [4.69, 9.17) is 16.3 Å². The average molecular weight is 298 g/mol. The SMILES string of the molecule is CCCN=C(NCC)NCCc1ccc(OC)cc1Cl. The van der Waals surface area contributed by atoms with Crippen molar-refractivity contribution in [1.29, 1.82) is 0 Å². The Morgan fingerprint density at radius 3 is 2.70 bits per heavy atom. The van der Waals surface area contributed by atoms with Gasteiger partial charge in [-0.25, -0.2) is 0 Å². The molecule has 0 unspecified atom stereocenters. The lowest BCUT2D eigenvalue weighted by Gasteiger charge is -2.12. The van der Waals surface area contributed by atoms with E-state index in [9.17, 15) is 0 Å². The summed E-state index contributed by atoms with van der Waals surface area (Å²) in [5.41, 5.74) is 1.10. The van der Waals surface area contributed by atoms with Gasteiger partial charge in [0.25, 0.3) is 0 Å². The largest absolute Gasteiger partial charge is 0.497 e. The zero-order chi connectivity index (χ0) is 14.8. The maximum Gasteiger partial charge on any atom is 0.191 e. The molecule has 0 spiro atoms. The molecule has 20 heavy (non-hydrogen) atoms. The van der Waals surface area contributed by atoms with Gasteiger partial charge in [0.15, 0.2) is 5.96 Å². The summed E-state index contributed by atoms with van der Waals surface area (Å²) in [5.74, 6) is 1.64. The fraction of sp³-hybridized carbons (Fsp3) is 0.533. The third kappa shape index (κ3) is 5.70. The second-order valence-electron chi connectivity index (χ2n) is 4.39. The fourth-order valence-electron chi connectivity index (χ4n) is 1.74. The minimum Gasteiger partial charge on any atom is -0.497 e. The van der Waals surface area contributed by atoms with Gasteiger partial charge in [0, 0.05) is 24.7 Å². The molecule has 1 rings (SSSR count). The first kappa shape index (κ1) is 16.6. The van der Waals surface area contributed by atoms with E-state index in [2.05, 4.69) is 29.5 Å². The molecule has 0 atom stereocenters. The molecule has 0 radical (unpaired) electrons. The molecule has 0 saturated heterocycles. The molecule has 5 heteroatoms. The molecule has 0 aliphatic carbocycles. The van der Waals surface area contributed by atoms with E-state index in [-0.39, 0.29) is 0 Å². The Bertz CT molecular complexity index is 435. The molecular formula is C15H24ClN3O. The molecule has 0 aliphatic rings. The van der Waals surface area contributed by atoms with Crippen LogP contribution in [0, 0.1) is 0 Å². The third-order valence-corrected chi connectivity index (χ3v) is 3.14. The standard InChI is InChI=1S/C15H24ClN3O/c1-4-9-18-15(17-5-2)19-10-8-12-6-7-13(20-3)11-14(12)16/h6-7,11H,4-5,8-10H2,1-3H3,(H2,17,18,19). The van der Waals surface area contributed by atoms with E-state index in [0.29, 0.717) is 0 Å². The van der Waals surface area contributed by atoms with E-state index in [1.807, 2.05) is 18.2 Å². The first-order chi connectivity index (χ1) is 9.71. The smallest absolute Gasteiger partial charge is 0.191 e. The molecule has 1 aromatic rings. The molecule has 0 amide bonds. The number of halogens is 1. The minimum atomic E-state index is 0.738. The van der Waals surface area contributed by atoms with Gasteiger partial charge in [-0.2, -0.15) is 0 Å². The lowest BCUT2D eigenvalue weighted by atomic mass is 10.1. The molecule has 0 bridgehead atoms. The average Bonchev–Trinajstić information content (AvgIpc) is 2.46. The molecule has 1 aromatic carbocycles. The molecule has 4 nitrogen and oxygen atoms in total. The lowest BCUT2D eigenvalue weighted by Crippen LogP contribution is -2.38. The summed E-state index contributed by atoms with van der Waals surface area (Å²) in [7, 11) is 1.64. The van der Waals surface area contributed by atoms with Gasteiger partial charge < -0.3 is 15.4 Å². The van der Waals surface area contributed by atoms with Crippen LogP contribution in [-0.2, 0) is 6.42 Å². The maximum absolute atomic E-state index is 6.21. The van der Waals surface area contributed by atoms with Crippen molar-refractivity contribution in [2.45, 2.75) is 26.7 Å². The van der Waals surface area contributed by atoms with Crippen LogP contribution in [0.1, 0.15) is 25.8 Å². The highest BCUT2D eigenvalue weighted by molar-refractivity contribution is 6.31. The summed E-state index contributed by atoms with van der Waals surface area (Å²) in [6, 6.07) is 5.77. The Kier molecular flexibility index (Phi) is 7.88. The number of benzene rings is 1. The number of rotatable bonds is 7. The molecule has 0 fully saturated rings. The minimum absolute atomic E-state index is 0.738. The summed E-state index contributed by atoms with van der Waals surface area (Å²) >= 11 is 6.21. The molecular weight excluding hydrogens is 274 g/mol. The van der Waals surface area contributed by atoms with Crippen molar-refractivity contribution >= 4 is 17.6 Å². The quantitative estimate of drug-likeness (QED) is 0.601. The van der Waals surface area contributed by atoms with E-state index in [1.54, 1.807) is 7.11 Å². The predicted octanol–water partition coefficient (Wildman–Crippen LogP) is 2.86. The number of hydrogen-bond acceptors (Lipinski definition) is 2. The zero-order valence-corrected chi connectivity index (χ0v) is 13.3. The van der Waals surface area contributed by atoms with Crippen LogP contribution in [0.15, 0.2) is 23.2 Å². The van der Waals surface area contributed by atoms with Crippen LogP contribution in [-0.4, -0.2) is 32.7 Å². The Hall–Kier alpha value is -1.42. The van der Waals surface area contributed by atoms with Gasteiger partial charge in [-0.05, 0) is 37.5 Å². The van der Waals surface area contributed by atoms with Gasteiger partial charge in [0.1, 0.15) is 5.75 Å². The van der Waals surface area contributed by atoms with Crippen LogP contribution in [0.3, 0.4) is 0 Å². The summed E-state index contributed by atoms with van der Waals surface area (Å²) in [4.78, 5) is 4.45. The lowest BCUT2D eigenvalue weighted by molar-refractivity contribution is 0.414. The second-order valence-corrected chi connectivity index (χ2v) is 4.80. The number of nitrogens with zero attached hydrogens (tertiary/aromatic N) is 1. The molecule has 0 aromatic heterocycles.